The van der Waals surface area contributed by atoms with Crippen LogP contribution < -0.4 is 10.0 Å². The van der Waals surface area contributed by atoms with Crippen molar-refractivity contribution in [2.45, 2.75) is 11.4 Å². The van der Waals surface area contributed by atoms with Gasteiger partial charge in [-0.05, 0) is 23.8 Å². The van der Waals surface area contributed by atoms with E-state index in [-0.39, 0.29) is 10.8 Å². The zero-order valence-electron chi connectivity index (χ0n) is 15.2. The normalized spacial score (nSPS) is 12.9. The second kappa shape index (κ2) is 6.46. The maximum absolute atomic E-state index is 13.1. The smallest absolute Gasteiger partial charge is 0.262 e. The third-order valence-electron chi connectivity index (χ3n) is 4.86. The molecule has 5 rings (SSSR count). The van der Waals surface area contributed by atoms with E-state index in [0.717, 1.165) is 5.56 Å². The Morgan fingerprint density at radius 3 is 2.66 bits per heavy atom. The van der Waals surface area contributed by atoms with Crippen molar-refractivity contribution in [1.29, 1.82) is 0 Å². The van der Waals surface area contributed by atoms with Crippen LogP contribution in [0, 0.1) is 0 Å². The Labute approximate surface area is 167 Å². The van der Waals surface area contributed by atoms with Crippen LogP contribution in [0.1, 0.15) is 15.9 Å². The molecular formula is C21H16N4O3S. The molecule has 0 radical (unpaired) electrons. The van der Waals surface area contributed by atoms with Crippen molar-refractivity contribution in [2.24, 2.45) is 0 Å². The summed E-state index contributed by atoms with van der Waals surface area (Å²) in [6.45, 7) is 0.539. The van der Waals surface area contributed by atoms with Gasteiger partial charge in [0.2, 0.25) is 0 Å². The maximum Gasteiger partial charge on any atom is 0.262 e. The van der Waals surface area contributed by atoms with E-state index in [4.69, 9.17) is 0 Å². The van der Waals surface area contributed by atoms with E-state index < -0.39 is 10.0 Å². The van der Waals surface area contributed by atoms with Gasteiger partial charge >= 0.3 is 0 Å². The molecule has 8 heteroatoms. The van der Waals surface area contributed by atoms with Gasteiger partial charge in [-0.25, -0.2) is 8.42 Å². The van der Waals surface area contributed by atoms with Crippen molar-refractivity contribution in [1.82, 2.24) is 9.78 Å². The lowest BCUT2D eigenvalue weighted by molar-refractivity contribution is 0.103. The molecule has 2 heterocycles. The molecule has 144 valence electrons. The van der Waals surface area contributed by atoms with Gasteiger partial charge in [0.1, 0.15) is 0 Å². The van der Waals surface area contributed by atoms with Crippen LogP contribution in [0.15, 0.2) is 78.0 Å². The first-order valence-corrected chi connectivity index (χ1v) is 10.5. The second-order valence-electron chi connectivity index (χ2n) is 6.81. The fourth-order valence-electron chi connectivity index (χ4n) is 3.58. The fourth-order valence-corrected chi connectivity index (χ4v) is 4.81. The molecule has 0 atom stereocenters. The molecule has 0 saturated heterocycles. The maximum atomic E-state index is 13.1. The Hall–Kier alpha value is -3.65. The van der Waals surface area contributed by atoms with Gasteiger partial charge in [0.25, 0.3) is 15.9 Å². The third kappa shape index (κ3) is 3.03. The van der Waals surface area contributed by atoms with Crippen molar-refractivity contribution in [3.63, 3.8) is 0 Å². The number of carbonyl (C=O) groups excluding carboxylic acids is 1. The number of amides is 1. The first kappa shape index (κ1) is 17.4. The predicted molar refractivity (Wildman–Crippen MR) is 110 cm³/mol. The Morgan fingerprint density at radius 2 is 1.83 bits per heavy atom. The standard InChI is InChI=1S/C21H16N4O3S/c26-21-17-8-4-7-16-19(10-9-18(23-21)20(16)17)29(27,28)24-15-11-22-25(13-15)12-14-5-2-1-3-6-14/h1-11,13,24H,12H2,(H,23,26). The summed E-state index contributed by atoms with van der Waals surface area (Å²) in [5.41, 5.74) is 2.54. The number of anilines is 2. The Morgan fingerprint density at radius 1 is 1.00 bits per heavy atom. The lowest BCUT2D eigenvalue weighted by Crippen LogP contribution is -2.13. The van der Waals surface area contributed by atoms with Crippen molar-refractivity contribution < 1.29 is 13.2 Å². The summed E-state index contributed by atoms with van der Waals surface area (Å²) in [5.74, 6) is -0.227. The molecule has 0 bridgehead atoms. The van der Waals surface area contributed by atoms with Crippen molar-refractivity contribution in [3.8, 4) is 0 Å². The summed E-state index contributed by atoms with van der Waals surface area (Å²) in [6, 6.07) is 18.0. The van der Waals surface area contributed by atoms with Gasteiger partial charge in [-0.2, -0.15) is 5.10 Å². The van der Waals surface area contributed by atoms with Crippen molar-refractivity contribution >= 4 is 38.1 Å². The van der Waals surface area contributed by atoms with Gasteiger partial charge in [-0.3, -0.25) is 14.2 Å². The van der Waals surface area contributed by atoms with E-state index in [1.54, 1.807) is 35.1 Å². The van der Waals surface area contributed by atoms with Crippen LogP contribution in [0.2, 0.25) is 0 Å². The number of rotatable bonds is 5. The highest BCUT2D eigenvalue weighted by Gasteiger charge is 2.26. The number of sulfonamides is 1. The Balaban J connectivity index is 1.47. The number of aromatic nitrogens is 2. The molecule has 0 fully saturated rings. The highest BCUT2D eigenvalue weighted by atomic mass is 32.2. The topological polar surface area (TPSA) is 93.1 Å². The van der Waals surface area contributed by atoms with Crippen LogP contribution in [-0.4, -0.2) is 24.1 Å². The molecule has 7 nitrogen and oxygen atoms in total. The van der Waals surface area contributed by atoms with Crippen molar-refractivity contribution in [2.75, 3.05) is 10.0 Å². The zero-order chi connectivity index (χ0) is 20.0. The van der Waals surface area contributed by atoms with Crippen LogP contribution in [0.3, 0.4) is 0 Å². The lowest BCUT2D eigenvalue weighted by atomic mass is 10.1. The summed E-state index contributed by atoms with van der Waals surface area (Å²) >= 11 is 0. The molecule has 2 N–H and O–H groups in total. The highest BCUT2D eigenvalue weighted by Crippen LogP contribution is 2.36. The number of hydrogen-bond acceptors (Lipinski definition) is 4. The minimum atomic E-state index is -3.87. The van der Waals surface area contributed by atoms with Gasteiger partial charge in [0, 0.05) is 28.2 Å². The average molecular weight is 404 g/mol. The van der Waals surface area contributed by atoms with Gasteiger partial charge in [-0.15, -0.1) is 0 Å². The highest BCUT2D eigenvalue weighted by molar-refractivity contribution is 7.93. The summed E-state index contributed by atoms with van der Waals surface area (Å²) in [7, 11) is -3.87. The largest absolute Gasteiger partial charge is 0.321 e. The van der Waals surface area contributed by atoms with Crippen LogP contribution >= 0.6 is 0 Å². The predicted octanol–water partition coefficient (Wildman–Crippen LogP) is 3.45. The van der Waals surface area contributed by atoms with E-state index in [9.17, 15) is 13.2 Å². The van der Waals surface area contributed by atoms with E-state index >= 15 is 0 Å². The summed E-state index contributed by atoms with van der Waals surface area (Å²) in [6.07, 6.45) is 3.13. The van der Waals surface area contributed by atoms with Crippen LogP contribution in [-0.2, 0) is 16.6 Å². The first-order valence-electron chi connectivity index (χ1n) is 8.97. The van der Waals surface area contributed by atoms with Crippen LogP contribution in [0.4, 0.5) is 11.4 Å². The third-order valence-corrected chi connectivity index (χ3v) is 6.30. The van der Waals surface area contributed by atoms with Crippen LogP contribution in [0.5, 0.6) is 0 Å². The van der Waals surface area contributed by atoms with E-state index in [2.05, 4.69) is 15.1 Å². The molecule has 0 aliphatic carbocycles. The summed E-state index contributed by atoms with van der Waals surface area (Å²) in [5, 5.41) is 8.12. The molecule has 1 amide bonds. The van der Waals surface area contributed by atoms with Gasteiger partial charge in [0.05, 0.1) is 23.3 Å². The first-order chi connectivity index (χ1) is 14.0. The average Bonchev–Trinajstić information content (AvgIpc) is 3.27. The SMILES string of the molecule is O=C1Nc2ccc(S(=O)(=O)Nc3cnn(Cc4ccccc4)c3)c3cccc1c23. The Bertz CT molecular complexity index is 1360. The van der Waals surface area contributed by atoms with Crippen LogP contribution in [0.25, 0.3) is 10.8 Å². The quantitative estimate of drug-likeness (QED) is 0.533. The molecule has 1 aliphatic rings. The van der Waals surface area contributed by atoms with Gasteiger partial charge < -0.3 is 5.32 Å². The molecule has 1 aromatic heterocycles. The van der Waals surface area contributed by atoms with Gasteiger partial charge in [-0.1, -0.05) is 42.5 Å². The molecule has 0 saturated carbocycles. The number of carbonyl (C=O) groups is 1. The molecule has 0 unspecified atom stereocenters. The van der Waals surface area contributed by atoms with E-state index in [1.807, 2.05) is 30.3 Å². The number of benzene rings is 3. The fraction of sp³-hybridized carbons (Fsp3) is 0.0476. The molecule has 3 aromatic carbocycles. The molecular weight excluding hydrogens is 388 g/mol. The number of hydrogen-bond donors (Lipinski definition) is 2. The number of nitrogens with one attached hydrogen (secondary N) is 2. The zero-order valence-corrected chi connectivity index (χ0v) is 16.0. The second-order valence-corrected chi connectivity index (χ2v) is 8.46. The monoisotopic (exact) mass is 404 g/mol. The van der Waals surface area contributed by atoms with E-state index in [1.165, 1.54) is 12.3 Å². The van der Waals surface area contributed by atoms with Gasteiger partial charge in [0.15, 0.2) is 0 Å². The molecule has 29 heavy (non-hydrogen) atoms. The summed E-state index contributed by atoms with van der Waals surface area (Å²) < 4.78 is 30.4. The summed E-state index contributed by atoms with van der Waals surface area (Å²) in [4.78, 5) is 12.2. The minimum Gasteiger partial charge on any atom is -0.321 e. The lowest BCUT2D eigenvalue weighted by Gasteiger charge is -2.10. The molecule has 4 aromatic rings. The molecule has 0 spiro atoms. The van der Waals surface area contributed by atoms with Crippen molar-refractivity contribution in [3.05, 3.63) is 84.2 Å². The molecule has 1 aliphatic heterocycles. The van der Waals surface area contributed by atoms with E-state index in [0.29, 0.717) is 34.3 Å². The minimum absolute atomic E-state index is 0.116. The Kier molecular flexibility index (Phi) is 3.88. The number of nitrogens with zero attached hydrogens (tertiary/aromatic N) is 2.